The van der Waals surface area contributed by atoms with E-state index in [1.54, 1.807) is 30.9 Å². The fourth-order valence-corrected chi connectivity index (χ4v) is 3.89. The van der Waals surface area contributed by atoms with Gasteiger partial charge in [0.1, 0.15) is 17.3 Å². The van der Waals surface area contributed by atoms with Gasteiger partial charge in [-0.15, -0.1) is 0 Å². The van der Waals surface area contributed by atoms with E-state index in [2.05, 4.69) is 10.3 Å². The van der Waals surface area contributed by atoms with Gasteiger partial charge >= 0.3 is 0 Å². The van der Waals surface area contributed by atoms with Crippen molar-refractivity contribution in [3.05, 3.63) is 57.9 Å². The van der Waals surface area contributed by atoms with Crippen molar-refractivity contribution in [3.8, 4) is 5.75 Å². The second kappa shape index (κ2) is 8.73. The predicted molar refractivity (Wildman–Crippen MR) is 124 cm³/mol. The molecule has 3 N–H and O–H groups in total. The molecule has 0 aliphatic carbocycles. The number of amidine groups is 1. The Kier molecular flexibility index (Phi) is 6.39. The van der Waals surface area contributed by atoms with E-state index in [4.69, 9.17) is 5.41 Å². The van der Waals surface area contributed by atoms with Gasteiger partial charge in [0.05, 0.1) is 12.6 Å². The summed E-state index contributed by atoms with van der Waals surface area (Å²) in [6, 6.07) is 6.79. The minimum absolute atomic E-state index is 0.0394. The number of aromatic hydroxyl groups is 1. The molecule has 1 atom stereocenters. The van der Waals surface area contributed by atoms with Gasteiger partial charge in [-0.25, -0.2) is 4.98 Å². The van der Waals surface area contributed by atoms with Crippen LogP contribution in [0.2, 0.25) is 0 Å². The normalized spacial score (nSPS) is 14.3. The monoisotopic (exact) mass is 436 g/mol. The molecule has 0 radical (unpaired) electrons. The maximum Gasteiger partial charge on any atom is 0.220 e. The van der Waals surface area contributed by atoms with Crippen LogP contribution < -0.4 is 5.32 Å². The van der Waals surface area contributed by atoms with Crippen LogP contribution in [-0.4, -0.2) is 39.1 Å². The standard InChI is InChI=1S/C25H32N4O3/c1-7-21(31)28-15(3)18-10-17(11-19(23(18)32)25(4,5)6)20(30)13-29-12-16-9-8-14(2)27-22(16)24(29)26/h8-11,15,26,32H,7,12-13H2,1-6H3,(H,28,31). The van der Waals surface area contributed by atoms with E-state index in [0.717, 1.165) is 11.3 Å². The lowest BCUT2D eigenvalue weighted by atomic mass is 9.82. The number of benzene rings is 1. The maximum absolute atomic E-state index is 13.3. The molecular formula is C25H32N4O3. The number of rotatable bonds is 6. The molecule has 0 saturated carbocycles. The minimum atomic E-state index is -0.446. The summed E-state index contributed by atoms with van der Waals surface area (Å²) in [4.78, 5) is 31.3. The molecule has 32 heavy (non-hydrogen) atoms. The summed E-state index contributed by atoms with van der Waals surface area (Å²) < 4.78 is 0. The number of nitrogens with one attached hydrogen (secondary N) is 2. The van der Waals surface area contributed by atoms with Crippen LogP contribution in [0.4, 0.5) is 0 Å². The van der Waals surface area contributed by atoms with E-state index >= 15 is 0 Å². The summed E-state index contributed by atoms with van der Waals surface area (Å²) in [5.74, 6) is 0.0617. The molecule has 0 spiro atoms. The molecule has 1 aliphatic rings. The lowest BCUT2D eigenvalue weighted by molar-refractivity contribution is -0.121. The van der Waals surface area contributed by atoms with Crippen molar-refractivity contribution in [2.45, 2.75) is 66.0 Å². The number of aromatic nitrogens is 1. The van der Waals surface area contributed by atoms with Gasteiger partial charge in [0.15, 0.2) is 5.78 Å². The Bertz CT molecular complexity index is 1090. The third-order valence-electron chi connectivity index (χ3n) is 5.79. The topological polar surface area (TPSA) is 106 Å². The van der Waals surface area contributed by atoms with Gasteiger partial charge in [0, 0.05) is 40.9 Å². The number of hydrogen-bond donors (Lipinski definition) is 3. The van der Waals surface area contributed by atoms with Crippen molar-refractivity contribution < 1.29 is 14.7 Å². The van der Waals surface area contributed by atoms with Gasteiger partial charge in [-0.05, 0) is 37.5 Å². The third-order valence-corrected chi connectivity index (χ3v) is 5.79. The van der Waals surface area contributed by atoms with Crippen molar-refractivity contribution in [1.29, 1.82) is 5.41 Å². The van der Waals surface area contributed by atoms with Crippen molar-refractivity contribution in [2.24, 2.45) is 0 Å². The Morgan fingerprint density at radius 1 is 1.28 bits per heavy atom. The van der Waals surface area contributed by atoms with E-state index in [0.29, 0.717) is 35.3 Å². The highest BCUT2D eigenvalue weighted by Crippen LogP contribution is 2.37. The summed E-state index contributed by atoms with van der Waals surface area (Å²) in [5, 5.41) is 22.3. The SMILES string of the molecule is CCC(=O)NC(C)c1cc(C(=O)CN2Cc3ccc(C)nc3C2=N)cc(C(C)(C)C)c1O. The molecule has 2 heterocycles. The number of hydrogen-bond acceptors (Lipinski definition) is 5. The molecule has 7 heteroatoms. The molecule has 1 amide bonds. The van der Waals surface area contributed by atoms with E-state index < -0.39 is 11.5 Å². The molecule has 1 unspecified atom stereocenters. The number of fused-ring (bicyclic) bond motifs is 1. The highest BCUT2D eigenvalue weighted by atomic mass is 16.3. The molecule has 3 rings (SSSR count). The predicted octanol–water partition coefficient (Wildman–Crippen LogP) is 4.00. The average molecular weight is 437 g/mol. The van der Waals surface area contributed by atoms with Crippen LogP contribution in [0.25, 0.3) is 0 Å². The highest BCUT2D eigenvalue weighted by molar-refractivity contribution is 6.04. The zero-order valence-electron chi connectivity index (χ0n) is 19.7. The van der Waals surface area contributed by atoms with Crippen LogP contribution in [0.3, 0.4) is 0 Å². The molecule has 170 valence electrons. The molecule has 1 aliphatic heterocycles. The average Bonchev–Trinajstić information content (AvgIpc) is 3.01. The number of nitrogens with zero attached hydrogens (tertiary/aromatic N) is 2. The molecular weight excluding hydrogens is 404 g/mol. The van der Waals surface area contributed by atoms with Crippen molar-refractivity contribution in [3.63, 3.8) is 0 Å². The van der Waals surface area contributed by atoms with E-state index in [1.165, 1.54) is 0 Å². The van der Waals surface area contributed by atoms with Crippen LogP contribution in [0.15, 0.2) is 24.3 Å². The fraction of sp³-hybridized carbons (Fsp3) is 0.440. The smallest absolute Gasteiger partial charge is 0.220 e. The van der Waals surface area contributed by atoms with Gasteiger partial charge in [-0.3, -0.25) is 15.0 Å². The Morgan fingerprint density at radius 3 is 2.59 bits per heavy atom. The molecule has 0 fully saturated rings. The minimum Gasteiger partial charge on any atom is -0.507 e. The summed E-state index contributed by atoms with van der Waals surface area (Å²) in [6.45, 7) is 11.9. The van der Waals surface area contributed by atoms with Crippen LogP contribution in [0.5, 0.6) is 5.75 Å². The molecule has 2 aromatic rings. The summed E-state index contributed by atoms with van der Waals surface area (Å²) in [7, 11) is 0. The first-order valence-corrected chi connectivity index (χ1v) is 10.9. The van der Waals surface area contributed by atoms with E-state index in [-0.39, 0.29) is 29.8 Å². The number of Topliss-reactive ketones (excluding diaryl/α,β-unsaturated/α-hetero) is 1. The second-order valence-electron chi connectivity index (χ2n) is 9.44. The fourth-order valence-electron chi connectivity index (χ4n) is 3.89. The first-order chi connectivity index (χ1) is 14.9. The van der Waals surface area contributed by atoms with E-state index in [9.17, 15) is 14.7 Å². The Balaban J connectivity index is 1.93. The van der Waals surface area contributed by atoms with Crippen LogP contribution in [0, 0.1) is 12.3 Å². The summed E-state index contributed by atoms with van der Waals surface area (Å²) in [6.07, 6.45) is 0.334. The van der Waals surface area contributed by atoms with Crippen LogP contribution >= 0.6 is 0 Å². The zero-order chi connectivity index (χ0) is 23.8. The summed E-state index contributed by atoms with van der Waals surface area (Å²) in [5.41, 5.74) is 3.60. The Hall–Kier alpha value is -3.22. The molecule has 7 nitrogen and oxygen atoms in total. The van der Waals surface area contributed by atoms with Crippen molar-refractivity contribution >= 4 is 17.5 Å². The number of phenolic OH excluding ortho intramolecular Hbond substituents is 1. The van der Waals surface area contributed by atoms with Gasteiger partial charge in [0.25, 0.3) is 0 Å². The number of carbonyl (C=O) groups is 2. The first-order valence-electron chi connectivity index (χ1n) is 10.9. The maximum atomic E-state index is 13.3. The lowest BCUT2D eigenvalue weighted by Gasteiger charge is -2.26. The molecule has 1 aromatic heterocycles. The number of amides is 1. The Labute approximate surface area is 189 Å². The number of aryl methyl sites for hydroxylation is 1. The van der Waals surface area contributed by atoms with Crippen LogP contribution in [-0.2, 0) is 16.8 Å². The Morgan fingerprint density at radius 2 is 1.97 bits per heavy atom. The van der Waals surface area contributed by atoms with E-state index in [1.807, 2.05) is 39.8 Å². The molecule has 0 saturated heterocycles. The number of carbonyl (C=O) groups excluding carboxylic acids is 2. The molecule has 1 aromatic carbocycles. The second-order valence-corrected chi connectivity index (χ2v) is 9.44. The summed E-state index contributed by atoms with van der Waals surface area (Å²) >= 11 is 0. The number of phenols is 1. The van der Waals surface area contributed by atoms with Gasteiger partial charge in [-0.1, -0.05) is 33.8 Å². The van der Waals surface area contributed by atoms with Gasteiger partial charge in [0.2, 0.25) is 5.91 Å². The van der Waals surface area contributed by atoms with Crippen molar-refractivity contribution in [1.82, 2.24) is 15.2 Å². The zero-order valence-corrected chi connectivity index (χ0v) is 19.7. The first kappa shape index (κ1) is 23.4. The third kappa shape index (κ3) is 4.66. The van der Waals surface area contributed by atoms with Gasteiger partial charge < -0.3 is 15.3 Å². The number of ketones is 1. The molecule has 0 bridgehead atoms. The highest BCUT2D eigenvalue weighted by Gasteiger charge is 2.29. The quantitative estimate of drug-likeness (QED) is 0.594. The lowest BCUT2D eigenvalue weighted by Crippen LogP contribution is -2.31. The number of pyridine rings is 1. The van der Waals surface area contributed by atoms with Gasteiger partial charge in [-0.2, -0.15) is 0 Å². The van der Waals surface area contributed by atoms with Crippen molar-refractivity contribution in [2.75, 3.05) is 6.54 Å². The van der Waals surface area contributed by atoms with Crippen LogP contribution in [0.1, 0.15) is 85.5 Å². The largest absolute Gasteiger partial charge is 0.507 e.